The van der Waals surface area contributed by atoms with Crippen molar-refractivity contribution in [2.45, 2.75) is 71.5 Å². The molecule has 7 nitrogen and oxygen atoms in total. The summed E-state index contributed by atoms with van der Waals surface area (Å²) in [6.45, 7) is 9.99. The van der Waals surface area contributed by atoms with Crippen LogP contribution in [-0.2, 0) is 9.59 Å². The molecule has 1 heterocycles. The Kier molecular flexibility index (Phi) is 8.06. The summed E-state index contributed by atoms with van der Waals surface area (Å²) in [6, 6.07) is 21.9. The SMILES string of the molecule is COc1ccc(C2CC(=O)C3=C(C2)Nc2ccccc2NC3c2ccc(N(C(C)C)C(C)C)cc2OC(C)=O)cc1. The number of hydrogen-bond donors (Lipinski definition) is 2. The molecule has 0 saturated carbocycles. The molecular formula is C34H39N3O4. The van der Waals surface area contributed by atoms with E-state index in [4.69, 9.17) is 9.47 Å². The average Bonchev–Trinajstić information content (AvgIpc) is 3.09. The number of hydrogen-bond acceptors (Lipinski definition) is 7. The van der Waals surface area contributed by atoms with Gasteiger partial charge in [-0.3, -0.25) is 9.59 Å². The Labute approximate surface area is 242 Å². The van der Waals surface area contributed by atoms with E-state index in [1.54, 1.807) is 7.11 Å². The number of methoxy groups -OCH3 is 1. The molecule has 2 N–H and O–H groups in total. The number of ketones is 1. The highest BCUT2D eigenvalue weighted by Gasteiger charge is 2.37. The van der Waals surface area contributed by atoms with Crippen molar-refractivity contribution in [1.82, 2.24) is 0 Å². The number of allylic oxidation sites excluding steroid dienone is 1. The Morgan fingerprint density at radius 2 is 1.61 bits per heavy atom. The van der Waals surface area contributed by atoms with Crippen LogP contribution in [0.2, 0.25) is 0 Å². The first-order valence-corrected chi connectivity index (χ1v) is 14.3. The van der Waals surface area contributed by atoms with Crippen LogP contribution >= 0.6 is 0 Å². The summed E-state index contributed by atoms with van der Waals surface area (Å²) in [5, 5.41) is 7.21. The number of Topliss-reactive ketones (excluding diaryl/α,β-unsaturated/α-hetero) is 1. The summed E-state index contributed by atoms with van der Waals surface area (Å²) in [5.74, 6) is 0.937. The zero-order valence-electron chi connectivity index (χ0n) is 24.7. The van der Waals surface area contributed by atoms with Crippen molar-refractivity contribution < 1.29 is 19.1 Å². The van der Waals surface area contributed by atoms with E-state index in [1.165, 1.54) is 6.92 Å². The number of carbonyl (C=O) groups is 2. The monoisotopic (exact) mass is 553 g/mol. The predicted octanol–water partition coefficient (Wildman–Crippen LogP) is 7.22. The van der Waals surface area contributed by atoms with Crippen LogP contribution in [0.4, 0.5) is 17.1 Å². The van der Waals surface area contributed by atoms with E-state index in [2.05, 4.69) is 49.3 Å². The standard InChI is InChI=1S/C34H39N3O4/c1-20(2)37(21(3)4)25-13-16-27(32(19-25)41-22(5)38)34-33-30(35-28-9-7-8-10-29(28)36-34)17-24(18-31(33)39)23-11-14-26(40-6)15-12-23/h7-16,19-21,24,34-36H,17-18H2,1-6H3. The molecule has 3 aromatic rings. The van der Waals surface area contributed by atoms with Crippen LogP contribution < -0.4 is 25.0 Å². The first kappa shape index (κ1) is 28.3. The second-order valence-corrected chi connectivity index (χ2v) is 11.4. The van der Waals surface area contributed by atoms with Crippen molar-refractivity contribution in [2.24, 2.45) is 0 Å². The fourth-order valence-electron chi connectivity index (χ4n) is 6.20. The minimum atomic E-state index is -0.500. The van der Waals surface area contributed by atoms with Crippen LogP contribution in [-0.4, -0.2) is 30.9 Å². The summed E-state index contributed by atoms with van der Waals surface area (Å²) in [5.41, 5.74) is 6.16. The highest BCUT2D eigenvalue weighted by atomic mass is 16.5. The molecular weight excluding hydrogens is 514 g/mol. The average molecular weight is 554 g/mol. The van der Waals surface area contributed by atoms with Crippen molar-refractivity contribution in [2.75, 3.05) is 22.6 Å². The van der Waals surface area contributed by atoms with E-state index < -0.39 is 12.0 Å². The highest BCUT2D eigenvalue weighted by molar-refractivity contribution is 6.01. The number of rotatable bonds is 7. The lowest BCUT2D eigenvalue weighted by atomic mass is 9.78. The van der Waals surface area contributed by atoms with E-state index in [1.807, 2.05) is 60.7 Å². The Hall–Kier alpha value is -4.26. The van der Waals surface area contributed by atoms with Crippen LogP contribution in [0, 0.1) is 0 Å². The van der Waals surface area contributed by atoms with Crippen LogP contribution in [0.5, 0.6) is 11.5 Å². The molecule has 0 saturated heterocycles. The van der Waals surface area contributed by atoms with Gasteiger partial charge in [-0.15, -0.1) is 0 Å². The molecule has 2 aliphatic rings. The first-order valence-electron chi connectivity index (χ1n) is 14.3. The van der Waals surface area contributed by atoms with Crippen molar-refractivity contribution in [3.05, 3.63) is 89.1 Å². The third-order valence-electron chi connectivity index (χ3n) is 7.87. The van der Waals surface area contributed by atoms with Crippen molar-refractivity contribution in [3.63, 3.8) is 0 Å². The smallest absolute Gasteiger partial charge is 0.308 e. The van der Waals surface area contributed by atoms with Crippen molar-refractivity contribution in [3.8, 4) is 11.5 Å². The summed E-state index contributed by atoms with van der Waals surface area (Å²) < 4.78 is 11.2. The van der Waals surface area contributed by atoms with Gasteiger partial charge in [0.25, 0.3) is 0 Å². The number of anilines is 3. The van der Waals surface area contributed by atoms with Gasteiger partial charge >= 0.3 is 5.97 Å². The lowest BCUT2D eigenvalue weighted by Crippen LogP contribution is -2.37. The first-order chi connectivity index (χ1) is 19.7. The lowest BCUT2D eigenvalue weighted by Gasteiger charge is -2.34. The maximum Gasteiger partial charge on any atom is 0.308 e. The molecule has 2 unspecified atom stereocenters. The maximum atomic E-state index is 14.0. The molecule has 214 valence electrons. The minimum absolute atomic E-state index is 0.0338. The second kappa shape index (κ2) is 11.7. The Bertz CT molecular complexity index is 1470. The van der Waals surface area contributed by atoms with Gasteiger partial charge in [0.2, 0.25) is 0 Å². The molecule has 1 aliphatic heterocycles. The number of ether oxygens (including phenoxy) is 2. The normalized spacial score (nSPS) is 18.2. The number of benzene rings is 3. The van der Waals surface area contributed by atoms with E-state index in [9.17, 15) is 9.59 Å². The van der Waals surface area contributed by atoms with E-state index >= 15 is 0 Å². The number of nitrogens with zero attached hydrogens (tertiary/aromatic N) is 1. The maximum absolute atomic E-state index is 14.0. The number of para-hydroxylation sites is 2. The lowest BCUT2D eigenvalue weighted by molar-refractivity contribution is -0.131. The molecule has 0 amide bonds. The van der Waals surface area contributed by atoms with Crippen LogP contribution in [0.1, 0.15) is 70.5 Å². The minimum Gasteiger partial charge on any atom is -0.497 e. The molecule has 0 bridgehead atoms. The summed E-state index contributed by atoms with van der Waals surface area (Å²) >= 11 is 0. The molecule has 0 fully saturated rings. The predicted molar refractivity (Wildman–Crippen MR) is 164 cm³/mol. The van der Waals surface area contributed by atoms with Gasteiger partial charge in [0.15, 0.2) is 5.78 Å². The summed E-state index contributed by atoms with van der Waals surface area (Å²) in [4.78, 5) is 28.6. The topological polar surface area (TPSA) is 79.9 Å². The number of esters is 1. The third-order valence-corrected chi connectivity index (χ3v) is 7.87. The Morgan fingerprint density at radius 1 is 0.927 bits per heavy atom. The number of nitrogens with one attached hydrogen (secondary N) is 2. The molecule has 7 heteroatoms. The molecule has 0 spiro atoms. The molecule has 0 aromatic heterocycles. The molecule has 1 aliphatic carbocycles. The Balaban J connectivity index is 1.62. The van der Waals surface area contributed by atoms with Gasteiger partial charge in [-0.2, -0.15) is 0 Å². The van der Waals surface area contributed by atoms with E-state index in [0.717, 1.165) is 39.6 Å². The summed E-state index contributed by atoms with van der Waals surface area (Å²) in [7, 11) is 1.65. The van der Waals surface area contributed by atoms with Gasteiger partial charge in [-0.05, 0) is 75.9 Å². The number of fused-ring (bicyclic) bond motifs is 1. The van der Waals surface area contributed by atoms with Crippen LogP contribution in [0.3, 0.4) is 0 Å². The second-order valence-electron chi connectivity index (χ2n) is 11.4. The molecule has 0 radical (unpaired) electrons. The molecule has 2 atom stereocenters. The van der Waals surface area contributed by atoms with Gasteiger partial charge in [0.1, 0.15) is 11.5 Å². The zero-order valence-corrected chi connectivity index (χ0v) is 24.7. The largest absolute Gasteiger partial charge is 0.497 e. The number of carbonyl (C=O) groups excluding carboxylic acids is 2. The van der Waals surface area contributed by atoms with Crippen molar-refractivity contribution >= 4 is 28.8 Å². The van der Waals surface area contributed by atoms with Gasteiger partial charge in [-0.25, -0.2) is 0 Å². The van der Waals surface area contributed by atoms with Crippen molar-refractivity contribution in [1.29, 1.82) is 0 Å². The van der Waals surface area contributed by atoms with E-state index in [-0.39, 0.29) is 23.8 Å². The fourth-order valence-corrected chi connectivity index (χ4v) is 6.20. The quantitative estimate of drug-likeness (QED) is 0.236. The third kappa shape index (κ3) is 5.80. The van der Waals surface area contributed by atoms with E-state index in [0.29, 0.717) is 24.2 Å². The van der Waals surface area contributed by atoms with Gasteiger partial charge in [0, 0.05) is 54.0 Å². The molecule has 3 aromatic carbocycles. The Morgan fingerprint density at radius 3 is 2.24 bits per heavy atom. The fraction of sp³-hybridized carbons (Fsp3) is 0.353. The molecule has 5 rings (SSSR count). The van der Waals surface area contributed by atoms with Gasteiger partial charge in [-0.1, -0.05) is 30.3 Å². The van der Waals surface area contributed by atoms with Crippen LogP contribution in [0.15, 0.2) is 78.0 Å². The van der Waals surface area contributed by atoms with Gasteiger partial charge in [0.05, 0.1) is 24.5 Å². The van der Waals surface area contributed by atoms with Crippen LogP contribution in [0.25, 0.3) is 0 Å². The summed E-state index contributed by atoms with van der Waals surface area (Å²) in [6.07, 6.45) is 1.06. The molecule has 41 heavy (non-hydrogen) atoms. The highest BCUT2D eigenvalue weighted by Crippen LogP contribution is 2.46. The zero-order chi connectivity index (χ0) is 29.3. The van der Waals surface area contributed by atoms with Gasteiger partial charge < -0.3 is 25.0 Å².